The Hall–Kier alpha value is -2.13. The minimum Gasteiger partial charge on any atom is -0.371 e. The van der Waals surface area contributed by atoms with Gasteiger partial charge in [-0.25, -0.2) is 0 Å². The molecule has 1 amide bonds. The molecule has 2 aromatic carbocycles. The van der Waals surface area contributed by atoms with E-state index in [2.05, 4.69) is 12.1 Å². The first-order valence-corrected chi connectivity index (χ1v) is 8.22. The Labute approximate surface area is 137 Å². The lowest BCUT2D eigenvalue weighted by molar-refractivity contribution is -0.143. The van der Waals surface area contributed by atoms with Crippen molar-refractivity contribution in [1.29, 1.82) is 0 Å². The molecule has 0 aliphatic carbocycles. The lowest BCUT2D eigenvalue weighted by Crippen LogP contribution is -2.50. The van der Waals surface area contributed by atoms with Crippen LogP contribution in [-0.4, -0.2) is 36.1 Å². The van der Waals surface area contributed by atoms with Crippen LogP contribution in [0.3, 0.4) is 0 Å². The summed E-state index contributed by atoms with van der Waals surface area (Å²) in [6, 6.07) is 20.2. The van der Waals surface area contributed by atoms with E-state index in [1.54, 1.807) is 0 Å². The molecular weight excluding hydrogens is 286 g/mol. The summed E-state index contributed by atoms with van der Waals surface area (Å²) in [6.07, 6.45) is 1.46. The van der Waals surface area contributed by atoms with Crippen molar-refractivity contribution in [2.24, 2.45) is 0 Å². The van der Waals surface area contributed by atoms with Crippen molar-refractivity contribution >= 4 is 5.91 Å². The molecule has 3 nitrogen and oxygen atoms in total. The number of rotatable bonds is 4. The summed E-state index contributed by atoms with van der Waals surface area (Å²) >= 11 is 0. The van der Waals surface area contributed by atoms with Crippen molar-refractivity contribution in [3.05, 3.63) is 71.8 Å². The molecule has 1 fully saturated rings. The van der Waals surface area contributed by atoms with E-state index in [0.29, 0.717) is 19.5 Å². The van der Waals surface area contributed by atoms with Crippen molar-refractivity contribution < 1.29 is 9.53 Å². The van der Waals surface area contributed by atoms with Gasteiger partial charge in [-0.15, -0.1) is 0 Å². The van der Waals surface area contributed by atoms with Crippen molar-refractivity contribution in [3.63, 3.8) is 0 Å². The summed E-state index contributed by atoms with van der Waals surface area (Å²) in [5, 5.41) is 0. The van der Waals surface area contributed by atoms with Gasteiger partial charge in [-0.05, 0) is 18.1 Å². The highest BCUT2D eigenvalue weighted by Crippen LogP contribution is 2.17. The first kappa shape index (κ1) is 15.8. The van der Waals surface area contributed by atoms with Crippen LogP contribution in [-0.2, 0) is 22.4 Å². The maximum atomic E-state index is 12.6. The average molecular weight is 309 g/mol. The minimum absolute atomic E-state index is 0.0703. The molecule has 1 saturated heterocycles. The third kappa shape index (κ3) is 4.42. The quantitative estimate of drug-likeness (QED) is 0.868. The second kappa shape index (κ2) is 7.42. The maximum Gasteiger partial charge on any atom is 0.227 e. The summed E-state index contributed by atoms with van der Waals surface area (Å²) in [6.45, 7) is 3.39. The number of hydrogen-bond acceptors (Lipinski definition) is 2. The number of nitrogens with zero attached hydrogens (tertiary/aromatic N) is 1. The van der Waals surface area contributed by atoms with Crippen LogP contribution in [0.25, 0.3) is 0 Å². The van der Waals surface area contributed by atoms with E-state index < -0.39 is 0 Å². The van der Waals surface area contributed by atoms with E-state index in [4.69, 9.17) is 4.74 Å². The van der Waals surface area contributed by atoms with Gasteiger partial charge in [-0.3, -0.25) is 4.79 Å². The Morgan fingerprint density at radius 2 is 1.61 bits per heavy atom. The predicted molar refractivity (Wildman–Crippen MR) is 91.2 cm³/mol. The molecular formula is C20H23NO2. The van der Waals surface area contributed by atoms with Crippen molar-refractivity contribution in [3.8, 4) is 0 Å². The van der Waals surface area contributed by atoms with Gasteiger partial charge in [0.1, 0.15) is 0 Å². The summed E-state index contributed by atoms with van der Waals surface area (Å²) in [4.78, 5) is 14.5. The SMILES string of the molecule is CC1CN(C(=O)Cc2ccccc2)CC(Cc2ccccc2)O1. The summed E-state index contributed by atoms with van der Waals surface area (Å²) in [5.41, 5.74) is 2.32. The molecule has 3 heteroatoms. The Morgan fingerprint density at radius 3 is 2.26 bits per heavy atom. The molecule has 0 spiro atoms. The van der Waals surface area contributed by atoms with E-state index in [1.807, 2.05) is 60.4 Å². The minimum atomic E-state index is 0.0703. The van der Waals surface area contributed by atoms with Gasteiger partial charge in [0.25, 0.3) is 0 Å². The van der Waals surface area contributed by atoms with Crippen molar-refractivity contribution in [1.82, 2.24) is 4.90 Å². The number of amides is 1. The first-order chi connectivity index (χ1) is 11.2. The molecule has 23 heavy (non-hydrogen) atoms. The van der Waals surface area contributed by atoms with Crippen LogP contribution in [0.1, 0.15) is 18.1 Å². The smallest absolute Gasteiger partial charge is 0.227 e. The molecule has 3 rings (SSSR count). The monoisotopic (exact) mass is 309 g/mol. The molecule has 2 atom stereocenters. The van der Waals surface area contributed by atoms with Gasteiger partial charge in [0.15, 0.2) is 0 Å². The topological polar surface area (TPSA) is 29.5 Å². The molecule has 2 aromatic rings. The third-order valence-corrected chi connectivity index (χ3v) is 4.18. The highest BCUT2D eigenvalue weighted by molar-refractivity contribution is 5.79. The summed E-state index contributed by atoms with van der Waals surface area (Å²) in [5.74, 6) is 0.185. The second-order valence-corrected chi connectivity index (χ2v) is 6.22. The molecule has 120 valence electrons. The molecule has 0 saturated carbocycles. The van der Waals surface area contributed by atoms with Gasteiger partial charge in [0, 0.05) is 19.5 Å². The largest absolute Gasteiger partial charge is 0.371 e. The average Bonchev–Trinajstić information content (AvgIpc) is 2.56. The normalized spacial score (nSPS) is 21.2. The Morgan fingerprint density at radius 1 is 1.00 bits per heavy atom. The molecule has 2 unspecified atom stereocenters. The number of hydrogen-bond donors (Lipinski definition) is 0. The van der Waals surface area contributed by atoms with Gasteiger partial charge in [-0.2, -0.15) is 0 Å². The lowest BCUT2D eigenvalue weighted by Gasteiger charge is -2.37. The van der Waals surface area contributed by atoms with Crippen LogP contribution in [0.5, 0.6) is 0 Å². The fourth-order valence-corrected chi connectivity index (χ4v) is 3.12. The summed E-state index contributed by atoms with van der Waals surface area (Å²) < 4.78 is 6.03. The zero-order valence-corrected chi connectivity index (χ0v) is 13.5. The number of benzene rings is 2. The molecule has 0 N–H and O–H groups in total. The zero-order chi connectivity index (χ0) is 16.1. The Bertz CT molecular complexity index is 627. The van der Waals surface area contributed by atoms with Gasteiger partial charge in [-0.1, -0.05) is 60.7 Å². The fourth-order valence-electron chi connectivity index (χ4n) is 3.12. The fraction of sp³-hybridized carbons (Fsp3) is 0.350. The molecule has 0 radical (unpaired) electrons. The van der Waals surface area contributed by atoms with E-state index in [1.165, 1.54) is 5.56 Å². The number of carbonyl (C=O) groups is 1. The predicted octanol–water partition coefficient (Wildman–Crippen LogP) is 3.09. The van der Waals surface area contributed by atoms with Crippen LogP contribution in [0.15, 0.2) is 60.7 Å². The zero-order valence-electron chi connectivity index (χ0n) is 13.5. The second-order valence-electron chi connectivity index (χ2n) is 6.22. The third-order valence-electron chi connectivity index (χ3n) is 4.18. The van der Waals surface area contributed by atoms with Gasteiger partial charge >= 0.3 is 0 Å². The molecule has 1 heterocycles. The standard InChI is InChI=1S/C20H23NO2/c1-16-14-21(20(22)13-18-10-6-3-7-11-18)15-19(23-16)12-17-8-4-2-5-9-17/h2-11,16,19H,12-15H2,1H3. The summed E-state index contributed by atoms with van der Waals surface area (Å²) in [7, 11) is 0. The van der Waals surface area contributed by atoms with Crippen LogP contribution < -0.4 is 0 Å². The first-order valence-electron chi connectivity index (χ1n) is 8.22. The highest BCUT2D eigenvalue weighted by atomic mass is 16.5. The van der Waals surface area contributed by atoms with E-state index in [-0.39, 0.29) is 18.1 Å². The number of morpholine rings is 1. The highest BCUT2D eigenvalue weighted by Gasteiger charge is 2.28. The Kier molecular flexibility index (Phi) is 5.09. The number of ether oxygens (including phenoxy) is 1. The van der Waals surface area contributed by atoms with E-state index >= 15 is 0 Å². The van der Waals surface area contributed by atoms with Gasteiger partial charge in [0.05, 0.1) is 18.6 Å². The van der Waals surface area contributed by atoms with Crippen molar-refractivity contribution in [2.45, 2.75) is 32.0 Å². The number of carbonyl (C=O) groups excluding carboxylic acids is 1. The van der Waals surface area contributed by atoms with E-state index in [0.717, 1.165) is 12.0 Å². The van der Waals surface area contributed by atoms with Crippen molar-refractivity contribution in [2.75, 3.05) is 13.1 Å². The van der Waals surface area contributed by atoms with Gasteiger partial charge in [0.2, 0.25) is 5.91 Å². The Balaban J connectivity index is 1.62. The van der Waals surface area contributed by atoms with Crippen LogP contribution >= 0.6 is 0 Å². The van der Waals surface area contributed by atoms with Gasteiger partial charge < -0.3 is 9.64 Å². The van der Waals surface area contributed by atoms with Crippen LogP contribution in [0.4, 0.5) is 0 Å². The molecule has 1 aliphatic heterocycles. The van der Waals surface area contributed by atoms with E-state index in [9.17, 15) is 4.79 Å². The maximum absolute atomic E-state index is 12.6. The molecule has 1 aliphatic rings. The lowest BCUT2D eigenvalue weighted by atomic mass is 10.0. The molecule has 0 aromatic heterocycles. The van der Waals surface area contributed by atoms with Crippen LogP contribution in [0.2, 0.25) is 0 Å². The molecule has 0 bridgehead atoms. The van der Waals surface area contributed by atoms with Crippen LogP contribution in [0, 0.1) is 0 Å².